The van der Waals surface area contributed by atoms with Crippen LogP contribution in [0.15, 0.2) is 30.6 Å². The standard InChI is InChI=1S/C18H22N4O3/c1-11(2)10-22-8-7-19-15(22)9-20-18(24)13-5-4-6-14-16(13)25-12(3)17(23)21-14/h4-8,11-12H,9-10H2,1-3H3,(H,20,24)(H,21,23)/t12-/m1/s1. The number of amides is 2. The van der Waals surface area contributed by atoms with Gasteiger partial charge in [0.25, 0.3) is 11.8 Å². The van der Waals surface area contributed by atoms with Gasteiger partial charge >= 0.3 is 0 Å². The highest BCUT2D eigenvalue weighted by Gasteiger charge is 2.27. The van der Waals surface area contributed by atoms with Crippen LogP contribution < -0.4 is 15.4 Å². The largest absolute Gasteiger partial charge is 0.478 e. The highest BCUT2D eigenvalue weighted by molar-refractivity contribution is 6.03. The van der Waals surface area contributed by atoms with Crippen LogP contribution in [0.3, 0.4) is 0 Å². The van der Waals surface area contributed by atoms with Crippen molar-refractivity contribution in [3.8, 4) is 5.75 Å². The van der Waals surface area contributed by atoms with E-state index in [1.165, 1.54) is 0 Å². The molecule has 1 atom stereocenters. The van der Waals surface area contributed by atoms with E-state index in [0.29, 0.717) is 29.5 Å². The molecule has 1 aromatic heterocycles. The van der Waals surface area contributed by atoms with Crippen molar-refractivity contribution in [1.29, 1.82) is 0 Å². The molecule has 132 valence electrons. The van der Waals surface area contributed by atoms with Crippen LogP contribution in [0.2, 0.25) is 0 Å². The molecule has 0 saturated carbocycles. The van der Waals surface area contributed by atoms with E-state index in [9.17, 15) is 9.59 Å². The third kappa shape index (κ3) is 3.65. The van der Waals surface area contributed by atoms with Gasteiger partial charge in [-0.05, 0) is 25.0 Å². The summed E-state index contributed by atoms with van der Waals surface area (Å²) in [5.74, 6) is 1.20. The van der Waals surface area contributed by atoms with Crippen molar-refractivity contribution >= 4 is 17.5 Å². The summed E-state index contributed by atoms with van der Waals surface area (Å²) in [5.41, 5.74) is 0.906. The van der Waals surface area contributed by atoms with Crippen LogP contribution in [-0.2, 0) is 17.9 Å². The van der Waals surface area contributed by atoms with Crippen molar-refractivity contribution in [2.45, 2.75) is 40.0 Å². The van der Waals surface area contributed by atoms with Crippen LogP contribution in [0, 0.1) is 5.92 Å². The third-order valence-electron chi connectivity index (χ3n) is 3.95. The number of hydrogen-bond donors (Lipinski definition) is 2. The van der Waals surface area contributed by atoms with E-state index in [2.05, 4.69) is 29.5 Å². The molecule has 0 unspecified atom stereocenters. The number of nitrogens with zero attached hydrogens (tertiary/aromatic N) is 2. The van der Waals surface area contributed by atoms with E-state index in [-0.39, 0.29) is 11.8 Å². The molecule has 0 fully saturated rings. The zero-order chi connectivity index (χ0) is 18.0. The Morgan fingerprint density at radius 2 is 2.24 bits per heavy atom. The first-order chi connectivity index (χ1) is 12.0. The number of hydrogen-bond acceptors (Lipinski definition) is 4. The Morgan fingerprint density at radius 1 is 1.44 bits per heavy atom. The van der Waals surface area contributed by atoms with E-state index < -0.39 is 6.10 Å². The average molecular weight is 342 g/mol. The molecule has 0 spiro atoms. The number of rotatable bonds is 5. The Kier molecular flexibility index (Phi) is 4.74. The minimum absolute atomic E-state index is 0.222. The molecule has 1 aliphatic rings. The average Bonchev–Trinajstić information content (AvgIpc) is 2.99. The smallest absolute Gasteiger partial charge is 0.265 e. The first-order valence-corrected chi connectivity index (χ1v) is 8.34. The van der Waals surface area contributed by atoms with Crippen LogP contribution in [0.1, 0.15) is 37.0 Å². The lowest BCUT2D eigenvalue weighted by Gasteiger charge is -2.25. The zero-order valence-corrected chi connectivity index (χ0v) is 14.6. The lowest BCUT2D eigenvalue weighted by atomic mass is 10.1. The summed E-state index contributed by atoms with van der Waals surface area (Å²) in [4.78, 5) is 28.6. The maximum atomic E-state index is 12.6. The number of carbonyl (C=O) groups is 2. The summed E-state index contributed by atoms with van der Waals surface area (Å²) in [6.45, 7) is 7.08. The molecule has 0 radical (unpaired) electrons. The highest BCUT2D eigenvalue weighted by Crippen LogP contribution is 2.33. The summed E-state index contributed by atoms with van der Waals surface area (Å²) in [5, 5.41) is 5.62. The number of ether oxygens (including phenoxy) is 1. The summed E-state index contributed by atoms with van der Waals surface area (Å²) in [6, 6.07) is 5.11. The Balaban J connectivity index is 1.74. The quantitative estimate of drug-likeness (QED) is 0.872. The Hall–Kier alpha value is -2.83. The van der Waals surface area contributed by atoms with Crippen molar-refractivity contribution in [2.75, 3.05) is 5.32 Å². The number of fused-ring (bicyclic) bond motifs is 1. The number of carbonyl (C=O) groups excluding carboxylic acids is 2. The summed E-state index contributed by atoms with van der Waals surface area (Å²) < 4.78 is 7.65. The van der Waals surface area contributed by atoms with Crippen molar-refractivity contribution < 1.29 is 14.3 Å². The number of imidazole rings is 1. The third-order valence-corrected chi connectivity index (χ3v) is 3.95. The first kappa shape index (κ1) is 17.0. The first-order valence-electron chi connectivity index (χ1n) is 8.34. The summed E-state index contributed by atoms with van der Waals surface area (Å²) in [6.07, 6.45) is 3.01. The predicted octanol–water partition coefficient (Wildman–Crippen LogP) is 2.19. The van der Waals surface area contributed by atoms with E-state index in [1.807, 2.05) is 10.8 Å². The fourth-order valence-corrected chi connectivity index (χ4v) is 2.73. The van der Waals surface area contributed by atoms with Crippen molar-refractivity contribution in [2.24, 2.45) is 5.92 Å². The maximum absolute atomic E-state index is 12.6. The number of anilines is 1. The predicted molar refractivity (Wildman–Crippen MR) is 93.4 cm³/mol. The normalized spacial score (nSPS) is 16.2. The molecule has 0 aliphatic carbocycles. The molecule has 7 heteroatoms. The monoisotopic (exact) mass is 342 g/mol. The molecular weight excluding hydrogens is 320 g/mol. The minimum Gasteiger partial charge on any atom is -0.478 e. The fourth-order valence-electron chi connectivity index (χ4n) is 2.73. The highest BCUT2D eigenvalue weighted by atomic mass is 16.5. The lowest BCUT2D eigenvalue weighted by molar-refractivity contribution is -0.122. The van der Waals surface area contributed by atoms with Crippen molar-refractivity contribution in [1.82, 2.24) is 14.9 Å². The SMILES string of the molecule is CC(C)Cn1ccnc1CNC(=O)c1cccc2c1O[C@H](C)C(=O)N2. The zero-order valence-electron chi connectivity index (χ0n) is 14.6. The van der Waals surface area contributed by atoms with Gasteiger partial charge in [-0.1, -0.05) is 19.9 Å². The molecular formula is C18H22N4O3. The van der Waals surface area contributed by atoms with Gasteiger partial charge in [-0.15, -0.1) is 0 Å². The second kappa shape index (κ2) is 6.96. The van der Waals surface area contributed by atoms with Gasteiger partial charge in [0, 0.05) is 18.9 Å². The molecule has 3 rings (SSSR count). The van der Waals surface area contributed by atoms with Gasteiger partial charge in [0.05, 0.1) is 17.8 Å². The van der Waals surface area contributed by atoms with E-state index in [4.69, 9.17) is 4.74 Å². The van der Waals surface area contributed by atoms with Crippen LogP contribution in [0.5, 0.6) is 5.75 Å². The molecule has 1 aromatic carbocycles. The van der Waals surface area contributed by atoms with Crippen LogP contribution in [0.4, 0.5) is 5.69 Å². The topological polar surface area (TPSA) is 85.2 Å². The second-order valence-corrected chi connectivity index (χ2v) is 6.50. The fraction of sp³-hybridized carbons (Fsp3) is 0.389. The van der Waals surface area contributed by atoms with Gasteiger partial charge in [0.15, 0.2) is 11.9 Å². The Labute approximate surface area is 146 Å². The number of nitrogens with one attached hydrogen (secondary N) is 2. The number of aromatic nitrogens is 2. The van der Waals surface area contributed by atoms with Crippen LogP contribution in [0.25, 0.3) is 0 Å². The molecule has 2 amide bonds. The minimum atomic E-state index is -0.633. The molecule has 0 saturated heterocycles. The van der Waals surface area contributed by atoms with Gasteiger partial charge in [-0.2, -0.15) is 0 Å². The summed E-state index contributed by atoms with van der Waals surface area (Å²) >= 11 is 0. The summed E-state index contributed by atoms with van der Waals surface area (Å²) in [7, 11) is 0. The molecule has 2 heterocycles. The second-order valence-electron chi connectivity index (χ2n) is 6.50. The number of benzene rings is 1. The van der Waals surface area contributed by atoms with Gasteiger partial charge < -0.3 is 19.9 Å². The van der Waals surface area contributed by atoms with E-state index >= 15 is 0 Å². The Morgan fingerprint density at radius 3 is 3.00 bits per heavy atom. The molecule has 1 aliphatic heterocycles. The van der Waals surface area contributed by atoms with Crippen LogP contribution >= 0.6 is 0 Å². The number of para-hydroxylation sites is 1. The van der Waals surface area contributed by atoms with E-state index in [1.54, 1.807) is 31.3 Å². The molecule has 7 nitrogen and oxygen atoms in total. The lowest BCUT2D eigenvalue weighted by Crippen LogP contribution is -2.36. The Bertz CT molecular complexity index is 797. The molecule has 0 bridgehead atoms. The van der Waals surface area contributed by atoms with Crippen molar-refractivity contribution in [3.63, 3.8) is 0 Å². The van der Waals surface area contributed by atoms with Gasteiger partial charge in [-0.25, -0.2) is 4.98 Å². The molecule has 2 N–H and O–H groups in total. The molecule has 25 heavy (non-hydrogen) atoms. The van der Waals surface area contributed by atoms with Gasteiger partial charge in [-0.3, -0.25) is 9.59 Å². The molecule has 2 aromatic rings. The maximum Gasteiger partial charge on any atom is 0.265 e. The van der Waals surface area contributed by atoms with E-state index in [0.717, 1.165) is 12.4 Å². The van der Waals surface area contributed by atoms with Crippen molar-refractivity contribution in [3.05, 3.63) is 42.0 Å². The van der Waals surface area contributed by atoms with Crippen LogP contribution in [-0.4, -0.2) is 27.5 Å². The van der Waals surface area contributed by atoms with Gasteiger partial charge in [0.1, 0.15) is 5.82 Å². The van der Waals surface area contributed by atoms with Gasteiger partial charge in [0.2, 0.25) is 0 Å².